The molecule has 0 aliphatic carbocycles. The summed E-state index contributed by atoms with van der Waals surface area (Å²) in [6.45, 7) is 4.84. The number of amides is 9. The Morgan fingerprint density at radius 1 is 0.483 bits per heavy atom. The van der Waals surface area contributed by atoms with Gasteiger partial charge >= 0.3 is 0 Å². The Bertz CT molecular complexity index is 5700. The van der Waals surface area contributed by atoms with Crippen molar-refractivity contribution in [1.82, 2.24) is 58.5 Å². The van der Waals surface area contributed by atoms with Gasteiger partial charge < -0.3 is 184 Å². The second-order valence-electron chi connectivity index (χ2n) is 36.5. The van der Waals surface area contributed by atoms with Gasteiger partial charge in [0.2, 0.25) is 71.5 Å². The first kappa shape index (κ1) is 110. The van der Waals surface area contributed by atoms with Crippen molar-refractivity contribution >= 4 is 76.4 Å². The molecule has 7 aromatic carbocycles. The molecule has 47 heteroatoms. The Morgan fingerprint density at radius 3 is 1.66 bits per heavy atom. The van der Waals surface area contributed by atoms with Crippen LogP contribution in [0.1, 0.15) is 160 Å². The van der Waals surface area contributed by atoms with Crippen molar-refractivity contribution in [3.05, 3.63) is 176 Å². The van der Waals surface area contributed by atoms with E-state index in [9.17, 15) is 85.9 Å². The molecule has 0 aromatic heterocycles. The molecule has 45 nitrogen and oxygen atoms in total. The van der Waals surface area contributed by atoms with Gasteiger partial charge in [-0.05, 0) is 195 Å². The van der Waals surface area contributed by atoms with Crippen LogP contribution in [0, 0.1) is 5.92 Å². The normalized spacial score (nSPS) is 26.7. The van der Waals surface area contributed by atoms with Gasteiger partial charge in [0.05, 0.1) is 29.9 Å². The Balaban J connectivity index is 1.02. The van der Waals surface area contributed by atoms with E-state index in [4.69, 9.17) is 77.3 Å². The predicted octanol–water partition coefficient (Wildman–Crippen LogP) is 0.769. The number of aromatic hydroxyl groups is 4. The first-order valence-corrected chi connectivity index (χ1v) is 48.3. The zero-order valence-corrected chi connectivity index (χ0v) is 80.7. The number of unbranched alkanes of at least 4 members (excludes halogenated alkanes) is 4. The van der Waals surface area contributed by atoms with Crippen molar-refractivity contribution in [3.63, 3.8) is 0 Å². The highest BCUT2D eigenvalue weighted by atomic mass is 35.5. The van der Waals surface area contributed by atoms with Crippen LogP contribution < -0.4 is 93.6 Å². The van der Waals surface area contributed by atoms with Gasteiger partial charge in [0.15, 0.2) is 29.3 Å². The number of nitrogens with one attached hydrogen (secondary N) is 11. The fraction of sp³-hybridized carbons (Fsp3) is 0.480. The number of aliphatic hydroxyl groups excluding tert-OH is 10. The van der Waals surface area contributed by atoms with Gasteiger partial charge in [0.1, 0.15) is 162 Å². The Hall–Kier alpha value is -12.2. The van der Waals surface area contributed by atoms with Crippen LogP contribution in [-0.4, -0.2) is 288 Å². The number of ether oxygens (including phenoxy) is 9. The molecule has 15 rings (SSSR count). The molecule has 145 heavy (non-hydrogen) atoms. The van der Waals surface area contributed by atoms with Crippen molar-refractivity contribution in [1.29, 1.82) is 0 Å². The number of rotatable bonds is 35. The molecule has 8 aliphatic heterocycles. The molecule has 23 atom stereocenters. The number of halogens is 2. The maximum Gasteiger partial charge on any atom is 0.248 e. The highest BCUT2D eigenvalue weighted by Crippen LogP contribution is 2.50. The van der Waals surface area contributed by atoms with Gasteiger partial charge in [-0.15, -0.1) is 0 Å². The van der Waals surface area contributed by atoms with E-state index >= 15 is 28.8 Å². The monoisotopic (exact) mass is 2060 g/mol. The van der Waals surface area contributed by atoms with E-state index < -0.39 is 282 Å². The van der Waals surface area contributed by atoms with Gasteiger partial charge in [-0.3, -0.25) is 43.2 Å². The maximum absolute atomic E-state index is 17.0. The van der Waals surface area contributed by atoms with Crippen LogP contribution in [0.2, 0.25) is 10.0 Å². The van der Waals surface area contributed by atoms with Crippen LogP contribution >= 0.6 is 23.2 Å². The molecular formula is C98H123Cl2N13O32. The molecule has 0 spiro atoms. The zero-order valence-electron chi connectivity index (χ0n) is 79.1. The fourth-order valence-corrected chi connectivity index (χ4v) is 17.8. The molecule has 0 saturated carbocycles. The third-order valence-electron chi connectivity index (χ3n) is 25.2. The molecule has 786 valence electrons. The van der Waals surface area contributed by atoms with Crippen molar-refractivity contribution in [3.8, 4) is 69.0 Å². The van der Waals surface area contributed by atoms with E-state index in [0.29, 0.717) is 38.4 Å². The van der Waals surface area contributed by atoms with Crippen LogP contribution in [0.15, 0.2) is 127 Å². The third-order valence-corrected chi connectivity index (χ3v) is 25.8. The molecule has 29 N–H and O–H groups in total. The molecule has 7 aromatic rings. The summed E-state index contributed by atoms with van der Waals surface area (Å²) in [5, 5.41) is 188. The summed E-state index contributed by atoms with van der Waals surface area (Å²) >= 11 is 14.9. The summed E-state index contributed by atoms with van der Waals surface area (Å²) in [4.78, 5) is 141. The number of nitrogens with two attached hydrogens (primary N) is 2. The zero-order chi connectivity index (χ0) is 104. The van der Waals surface area contributed by atoms with Crippen molar-refractivity contribution < 1.29 is 157 Å². The lowest BCUT2D eigenvalue weighted by molar-refractivity contribution is -0.284. The van der Waals surface area contributed by atoms with Gasteiger partial charge in [0.25, 0.3) is 0 Å². The lowest BCUT2D eigenvalue weighted by atomic mass is 9.95. The standard InChI is InChI=1S/C98H123Cl2N13O32/c1-45(2)12-6-4-5-7-13-71(122)108-78-84(127)81(124)69(43-115)142-97(78)145-88-66-38-53-39-67(88)140-64-23-18-50(36-60(64)100)87(144-96-77(106-46(3)117)83(126)80(123)68(42-114)141-96)79(95(136)111-74(91(132)105-29-11-28-104-26-9-8-25-103-27-10-24-101)51-32-56(120)41-58(35-51)138-98-86(129)85(128)82(125)70(44-116)143-98)113-92(133)73(48-15-19-54(118)20-16-48)110-94(135)76(53)112-93(134)75-52-33-55(119)40-57(34-52)137-65-37-49(17-21-62(65)121)72(102)90(131)107-61(89(130)109-75)31-47-14-22-63(139-66)59(99)30-47/h14-23,30,32-41,45,61,68-70,72-87,96-98,103-104,114-116,118-121,123-129H,4-13,24-29,31,42-44,101-102H2,1-3H3,(H,105,132)(H,106,117)(H,107,131)(H,108,122)(H,109,130)(H,110,135)(H,111,136)(H,112,134)(H,113,133). The molecular weight excluding hydrogens is 1940 g/mol. The quantitative estimate of drug-likeness (QED) is 0.0244. The number of carbonyl (C=O) groups is 9. The molecule has 23 unspecified atom stereocenters. The Morgan fingerprint density at radius 2 is 1.03 bits per heavy atom. The summed E-state index contributed by atoms with van der Waals surface area (Å²) in [6, 6.07) is 4.93. The molecule has 8 aliphatic rings. The highest BCUT2D eigenvalue weighted by molar-refractivity contribution is 6.32. The van der Waals surface area contributed by atoms with E-state index in [1.54, 1.807) is 0 Å². The smallest absolute Gasteiger partial charge is 0.248 e. The van der Waals surface area contributed by atoms with Crippen molar-refractivity contribution in [2.75, 3.05) is 59.1 Å². The summed E-state index contributed by atoms with van der Waals surface area (Å²) in [6.07, 6.45) is -22.3. The van der Waals surface area contributed by atoms with Gasteiger partial charge in [-0.2, -0.15) is 0 Å². The molecule has 13 bridgehead atoms. The minimum absolute atomic E-state index is 0.0414. The van der Waals surface area contributed by atoms with E-state index in [2.05, 4.69) is 72.3 Å². The summed E-state index contributed by atoms with van der Waals surface area (Å²) in [5.41, 5.74) is 10.6. The van der Waals surface area contributed by atoms with E-state index in [0.717, 1.165) is 156 Å². The molecule has 0 radical (unpaired) electrons. The average Bonchev–Trinajstić information content (AvgIpc) is 0.767. The molecule has 3 fully saturated rings. The van der Waals surface area contributed by atoms with Gasteiger partial charge in [-0.25, -0.2) is 0 Å². The van der Waals surface area contributed by atoms with Crippen molar-refractivity contribution in [2.24, 2.45) is 17.4 Å². The van der Waals surface area contributed by atoms with Gasteiger partial charge in [0, 0.05) is 38.4 Å². The van der Waals surface area contributed by atoms with Crippen LogP contribution in [0.5, 0.6) is 69.0 Å². The van der Waals surface area contributed by atoms with Gasteiger partial charge in [-0.1, -0.05) is 93.1 Å². The largest absolute Gasteiger partial charge is 0.508 e. The van der Waals surface area contributed by atoms with Crippen molar-refractivity contribution in [2.45, 2.75) is 232 Å². The Kier molecular flexibility index (Phi) is 38.5. The number of benzene rings is 7. The first-order chi connectivity index (χ1) is 69.4. The van der Waals surface area contributed by atoms with E-state index in [-0.39, 0.29) is 75.0 Å². The molecule has 3 saturated heterocycles. The number of carbonyl (C=O) groups excluding carboxylic acids is 9. The SMILES string of the molecule is CC(=O)NC1C(OC2c3ccc(c(Cl)c3)Oc3cc4cc(c3OC3OC(CO)C(O)C(O)C3NC(=O)CCCCCCC(C)C)Oc3ccc(cc3Cl)CC3NC(=O)C(N)c5ccc(O)c(c5)Oc5cc(O)cc(c5)C(NC3=O)C(=O)NC4C(=O)NC(c3ccc(O)cc3)C(=O)NC2C(=O)NC(C(=O)NCCCNCCCCNCCCN)c2cc(O)cc(OC3OC(CO)C(O)C(O)C3O)c2)OC(CO)C(O)C1O. The van der Waals surface area contributed by atoms with Crippen LogP contribution in [-0.2, 0) is 68.5 Å². The van der Waals surface area contributed by atoms with Crippen LogP contribution in [0.4, 0.5) is 0 Å². The number of hydrogen-bond donors (Lipinski definition) is 27. The summed E-state index contributed by atoms with van der Waals surface area (Å²) in [7, 11) is 0. The second kappa shape index (κ2) is 50.8. The third kappa shape index (κ3) is 28.0. The predicted molar refractivity (Wildman–Crippen MR) is 513 cm³/mol. The maximum atomic E-state index is 17.0. The Labute approximate surface area is 841 Å². The highest BCUT2D eigenvalue weighted by Gasteiger charge is 2.52. The lowest BCUT2D eigenvalue weighted by Gasteiger charge is -2.44. The number of aliphatic hydroxyl groups is 10. The van der Waals surface area contributed by atoms with Crippen LogP contribution in [0.25, 0.3) is 0 Å². The summed E-state index contributed by atoms with van der Waals surface area (Å²) < 4.78 is 57.8. The second-order valence-corrected chi connectivity index (χ2v) is 37.3. The van der Waals surface area contributed by atoms with E-state index in [1.807, 2.05) is 0 Å². The fourth-order valence-electron chi connectivity index (χ4n) is 17.4. The lowest BCUT2D eigenvalue weighted by Crippen LogP contribution is -2.65. The minimum Gasteiger partial charge on any atom is -0.508 e. The number of fused-ring (bicyclic) bond motifs is 15. The average molecular weight is 2070 g/mol. The van der Waals surface area contributed by atoms with Crippen LogP contribution in [0.3, 0.4) is 0 Å². The van der Waals surface area contributed by atoms with E-state index in [1.165, 1.54) is 30.3 Å². The number of phenolic OH excluding ortho intramolecular Hbond substituents is 4. The summed E-state index contributed by atoms with van der Waals surface area (Å²) in [5.74, 6) is -16.6. The minimum atomic E-state index is -2.55. The topological polar surface area (TPSA) is 704 Å². The molecule has 9 amide bonds. The number of hydrogen-bond acceptors (Lipinski definition) is 36. The first-order valence-electron chi connectivity index (χ1n) is 47.6. The number of phenols is 4. The molecule has 8 heterocycles.